The van der Waals surface area contributed by atoms with Crippen LogP contribution in [-0.2, 0) is 14.4 Å². The van der Waals surface area contributed by atoms with Crippen molar-refractivity contribution in [2.75, 3.05) is 25.2 Å². The van der Waals surface area contributed by atoms with Crippen LogP contribution in [0.25, 0.3) is 0 Å². The minimum Gasteiger partial charge on any atom is -0.480 e. The molecule has 3 unspecified atom stereocenters. The van der Waals surface area contributed by atoms with Crippen molar-refractivity contribution >= 4 is 29.5 Å². The van der Waals surface area contributed by atoms with E-state index in [1.807, 2.05) is 6.26 Å². The third-order valence-corrected chi connectivity index (χ3v) is 3.99. The number of unbranched alkanes of at least 4 members (excludes halogenated alkanes) is 1. The van der Waals surface area contributed by atoms with Gasteiger partial charge in [0.05, 0.1) is 12.6 Å². The van der Waals surface area contributed by atoms with Gasteiger partial charge in [-0.15, -0.1) is 0 Å². The number of aliphatic hydroxyl groups is 1. The van der Waals surface area contributed by atoms with Crippen LogP contribution in [0.2, 0.25) is 0 Å². The van der Waals surface area contributed by atoms with E-state index in [1.165, 1.54) is 11.8 Å². The van der Waals surface area contributed by atoms with Crippen LogP contribution in [0.3, 0.4) is 0 Å². The van der Waals surface area contributed by atoms with Crippen LogP contribution < -0.4 is 22.1 Å². The fourth-order valence-corrected chi connectivity index (χ4v) is 2.35. The number of aliphatic carboxylic acids is 1. The standard InChI is InChI=1S/C14H28N4O5S/c1-24-7-5-10(13(21)18-11(8-19)14(22)23)17-12(20)9(16)4-2-3-6-15/h9-11,19H,2-8,15-16H2,1H3,(H,17,20)(H,18,21)(H,22,23). The molecule has 0 spiro atoms. The second-order valence-corrected chi connectivity index (χ2v) is 6.30. The van der Waals surface area contributed by atoms with E-state index in [0.29, 0.717) is 31.6 Å². The molecule has 0 saturated heterocycles. The first kappa shape index (κ1) is 22.6. The smallest absolute Gasteiger partial charge is 0.328 e. The Balaban J connectivity index is 4.71. The highest BCUT2D eigenvalue weighted by Crippen LogP contribution is 2.04. The van der Waals surface area contributed by atoms with E-state index in [4.69, 9.17) is 21.7 Å². The Labute approximate surface area is 145 Å². The van der Waals surface area contributed by atoms with Crippen molar-refractivity contribution in [3.8, 4) is 0 Å². The molecule has 0 bridgehead atoms. The lowest BCUT2D eigenvalue weighted by Gasteiger charge is -2.22. The minimum atomic E-state index is -1.41. The van der Waals surface area contributed by atoms with Gasteiger partial charge in [0.25, 0.3) is 0 Å². The lowest BCUT2D eigenvalue weighted by atomic mass is 10.1. The largest absolute Gasteiger partial charge is 0.480 e. The lowest BCUT2D eigenvalue weighted by Crippen LogP contribution is -2.55. The summed E-state index contributed by atoms with van der Waals surface area (Å²) in [6.45, 7) is -0.215. The Morgan fingerprint density at radius 3 is 2.21 bits per heavy atom. The van der Waals surface area contributed by atoms with E-state index in [-0.39, 0.29) is 0 Å². The van der Waals surface area contributed by atoms with Crippen LogP contribution in [0.5, 0.6) is 0 Å². The molecule has 140 valence electrons. The molecular weight excluding hydrogens is 336 g/mol. The summed E-state index contributed by atoms with van der Waals surface area (Å²) in [5, 5.41) is 22.6. The molecule has 0 aromatic rings. The van der Waals surface area contributed by atoms with Crippen LogP contribution in [0.15, 0.2) is 0 Å². The number of carboxylic acid groups (broad SMARTS) is 1. The molecule has 8 N–H and O–H groups in total. The van der Waals surface area contributed by atoms with Crippen molar-refractivity contribution in [3.63, 3.8) is 0 Å². The Kier molecular flexibility index (Phi) is 12.3. The molecule has 0 rings (SSSR count). The number of carboxylic acids is 1. The van der Waals surface area contributed by atoms with E-state index >= 15 is 0 Å². The van der Waals surface area contributed by atoms with Gasteiger partial charge < -0.3 is 32.3 Å². The monoisotopic (exact) mass is 364 g/mol. The number of rotatable bonds is 13. The number of nitrogens with two attached hydrogens (primary N) is 2. The molecule has 0 aromatic heterocycles. The molecule has 0 aromatic carbocycles. The lowest BCUT2D eigenvalue weighted by molar-refractivity contribution is -0.143. The highest BCUT2D eigenvalue weighted by atomic mass is 32.2. The van der Waals surface area contributed by atoms with Gasteiger partial charge in [-0.25, -0.2) is 4.79 Å². The summed E-state index contributed by atoms with van der Waals surface area (Å²) < 4.78 is 0. The molecule has 0 aliphatic rings. The number of amides is 2. The molecular formula is C14H28N4O5S. The van der Waals surface area contributed by atoms with E-state index < -0.39 is 42.5 Å². The van der Waals surface area contributed by atoms with Crippen LogP contribution >= 0.6 is 11.8 Å². The van der Waals surface area contributed by atoms with E-state index in [1.54, 1.807) is 0 Å². The predicted octanol–water partition coefficient (Wildman–Crippen LogP) is -1.76. The first-order chi connectivity index (χ1) is 11.4. The third-order valence-electron chi connectivity index (χ3n) is 3.35. The van der Waals surface area contributed by atoms with Crippen molar-refractivity contribution < 1.29 is 24.6 Å². The second-order valence-electron chi connectivity index (χ2n) is 5.32. The molecule has 24 heavy (non-hydrogen) atoms. The molecule has 0 aliphatic heterocycles. The van der Waals surface area contributed by atoms with Crippen LogP contribution in [0.1, 0.15) is 25.7 Å². The molecule has 2 amide bonds. The first-order valence-electron chi connectivity index (χ1n) is 7.76. The van der Waals surface area contributed by atoms with Gasteiger partial charge in [-0.3, -0.25) is 9.59 Å². The van der Waals surface area contributed by atoms with Crippen LogP contribution in [0.4, 0.5) is 0 Å². The first-order valence-corrected chi connectivity index (χ1v) is 9.15. The average molecular weight is 364 g/mol. The topological polar surface area (TPSA) is 168 Å². The van der Waals surface area contributed by atoms with Crippen molar-refractivity contribution in [2.24, 2.45) is 11.5 Å². The van der Waals surface area contributed by atoms with Gasteiger partial charge in [0.2, 0.25) is 11.8 Å². The summed E-state index contributed by atoms with van der Waals surface area (Å²) in [6.07, 6.45) is 4.09. The Morgan fingerprint density at radius 1 is 1.08 bits per heavy atom. The van der Waals surface area contributed by atoms with Gasteiger partial charge in [0.1, 0.15) is 12.1 Å². The summed E-state index contributed by atoms with van der Waals surface area (Å²) in [4.78, 5) is 35.1. The number of hydrogen-bond acceptors (Lipinski definition) is 7. The second kappa shape index (κ2) is 13.0. The molecule has 10 heteroatoms. The number of carbonyl (C=O) groups is 3. The molecule has 0 heterocycles. The molecule has 9 nitrogen and oxygen atoms in total. The van der Waals surface area contributed by atoms with Gasteiger partial charge in [-0.2, -0.15) is 11.8 Å². The maximum atomic E-state index is 12.2. The summed E-state index contributed by atoms with van der Waals surface area (Å²) in [5.41, 5.74) is 11.2. The molecule has 0 aliphatic carbocycles. The quantitative estimate of drug-likeness (QED) is 0.209. The summed E-state index contributed by atoms with van der Waals surface area (Å²) >= 11 is 1.49. The minimum absolute atomic E-state index is 0.325. The van der Waals surface area contributed by atoms with E-state index in [0.717, 1.165) is 6.42 Å². The van der Waals surface area contributed by atoms with Gasteiger partial charge in [-0.1, -0.05) is 6.42 Å². The van der Waals surface area contributed by atoms with E-state index in [2.05, 4.69) is 10.6 Å². The Hall–Kier alpha value is -1.36. The highest BCUT2D eigenvalue weighted by Gasteiger charge is 2.27. The summed E-state index contributed by atoms with van der Waals surface area (Å²) in [5.74, 6) is -1.88. The Morgan fingerprint density at radius 2 is 1.71 bits per heavy atom. The summed E-state index contributed by atoms with van der Waals surface area (Å²) in [7, 11) is 0. The maximum Gasteiger partial charge on any atom is 0.328 e. The van der Waals surface area contributed by atoms with Crippen molar-refractivity contribution in [1.29, 1.82) is 0 Å². The SMILES string of the molecule is CSCCC(NC(=O)C(N)CCCCN)C(=O)NC(CO)C(=O)O. The third kappa shape index (κ3) is 9.06. The zero-order chi connectivity index (χ0) is 18.5. The van der Waals surface area contributed by atoms with Gasteiger partial charge in [0, 0.05) is 0 Å². The van der Waals surface area contributed by atoms with Gasteiger partial charge in [-0.05, 0) is 37.8 Å². The van der Waals surface area contributed by atoms with Crippen LogP contribution in [0, 0.1) is 0 Å². The van der Waals surface area contributed by atoms with Gasteiger partial charge >= 0.3 is 5.97 Å². The zero-order valence-corrected chi connectivity index (χ0v) is 14.7. The summed E-state index contributed by atoms with van der Waals surface area (Å²) in [6, 6.07) is -3.07. The number of nitrogens with one attached hydrogen (secondary N) is 2. The molecule has 0 saturated carbocycles. The fraction of sp³-hybridized carbons (Fsp3) is 0.786. The normalized spacial score (nSPS) is 14.5. The van der Waals surface area contributed by atoms with Crippen LogP contribution in [-0.4, -0.2) is 71.3 Å². The number of aliphatic hydroxyl groups excluding tert-OH is 1. The predicted molar refractivity (Wildman–Crippen MR) is 92.5 cm³/mol. The molecule has 3 atom stereocenters. The zero-order valence-electron chi connectivity index (χ0n) is 13.9. The highest BCUT2D eigenvalue weighted by molar-refractivity contribution is 7.98. The average Bonchev–Trinajstić information content (AvgIpc) is 2.55. The van der Waals surface area contributed by atoms with Crippen molar-refractivity contribution in [3.05, 3.63) is 0 Å². The Bertz CT molecular complexity index is 411. The van der Waals surface area contributed by atoms with Crippen molar-refractivity contribution in [2.45, 2.75) is 43.8 Å². The van der Waals surface area contributed by atoms with Crippen molar-refractivity contribution in [1.82, 2.24) is 10.6 Å². The molecule has 0 radical (unpaired) electrons. The van der Waals surface area contributed by atoms with Gasteiger partial charge in [0.15, 0.2) is 0 Å². The number of carbonyl (C=O) groups excluding carboxylic acids is 2. The maximum absolute atomic E-state index is 12.2. The number of hydrogen-bond donors (Lipinski definition) is 6. The van der Waals surface area contributed by atoms with E-state index in [9.17, 15) is 14.4 Å². The molecule has 0 fully saturated rings. The number of thioether (sulfide) groups is 1. The fourth-order valence-electron chi connectivity index (χ4n) is 1.88.